The number of benzene rings is 1. The molecule has 1 fully saturated rings. The van der Waals surface area contributed by atoms with Crippen molar-refractivity contribution in [1.82, 2.24) is 5.32 Å². The Morgan fingerprint density at radius 1 is 1.53 bits per heavy atom. The van der Waals surface area contributed by atoms with Crippen molar-refractivity contribution in [3.63, 3.8) is 0 Å². The summed E-state index contributed by atoms with van der Waals surface area (Å²) in [6, 6.07) is 5.71. The van der Waals surface area contributed by atoms with E-state index in [1.54, 1.807) is 0 Å². The number of nitrogens with one attached hydrogen (secondary N) is 1. The molecule has 0 radical (unpaired) electrons. The van der Waals surface area contributed by atoms with Crippen molar-refractivity contribution in [2.24, 2.45) is 0 Å². The van der Waals surface area contributed by atoms with Gasteiger partial charge in [-0.15, -0.1) is 0 Å². The van der Waals surface area contributed by atoms with Gasteiger partial charge in [0.1, 0.15) is 6.29 Å². The fourth-order valence-electron chi connectivity index (χ4n) is 2.16. The maximum Gasteiger partial charge on any atom is 0.127 e. The number of rotatable bonds is 4. The zero-order valence-electron chi connectivity index (χ0n) is 10.00. The molecule has 1 aliphatic heterocycles. The van der Waals surface area contributed by atoms with Gasteiger partial charge in [0.2, 0.25) is 0 Å². The Balaban J connectivity index is 2.49. The van der Waals surface area contributed by atoms with Crippen LogP contribution in [0.2, 0.25) is 5.02 Å². The SMILES string of the molecule is CNC1(c2ccc(Cl)cc2C(C)C=O)COC1. The van der Waals surface area contributed by atoms with Gasteiger partial charge in [0, 0.05) is 10.9 Å². The molecule has 1 aliphatic rings. The van der Waals surface area contributed by atoms with Gasteiger partial charge >= 0.3 is 0 Å². The van der Waals surface area contributed by atoms with Crippen LogP contribution in [0.5, 0.6) is 0 Å². The van der Waals surface area contributed by atoms with Crippen LogP contribution < -0.4 is 5.32 Å². The van der Waals surface area contributed by atoms with Crippen LogP contribution in [0.4, 0.5) is 0 Å². The summed E-state index contributed by atoms with van der Waals surface area (Å²) in [5.74, 6) is -0.158. The number of aldehydes is 1. The zero-order chi connectivity index (χ0) is 12.5. The van der Waals surface area contributed by atoms with Crippen LogP contribution in [0, 0.1) is 0 Å². The minimum atomic E-state index is -0.169. The van der Waals surface area contributed by atoms with Gasteiger partial charge in [-0.1, -0.05) is 24.6 Å². The van der Waals surface area contributed by atoms with Crippen LogP contribution >= 0.6 is 11.6 Å². The fraction of sp³-hybridized carbons (Fsp3) is 0.462. The summed E-state index contributed by atoms with van der Waals surface area (Å²) < 4.78 is 5.30. The predicted octanol–water partition coefficient (Wildman–Crippen LogP) is 2.09. The number of hydrogen-bond donors (Lipinski definition) is 1. The summed E-state index contributed by atoms with van der Waals surface area (Å²) in [6.07, 6.45) is 0.943. The van der Waals surface area contributed by atoms with Gasteiger partial charge in [-0.2, -0.15) is 0 Å². The second-order valence-corrected chi connectivity index (χ2v) is 4.92. The normalized spacial score (nSPS) is 19.5. The van der Waals surface area contributed by atoms with E-state index in [9.17, 15) is 4.79 Å². The highest BCUT2D eigenvalue weighted by molar-refractivity contribution is 6.30. The van der Waals surface area contributed by atoms with E-state index in [1.807, 2.05) is 32.2 Å². The van der Waals surface area contributed by atoms with Crippen molar-refractivity contribution in [2.45, 2.75) is 18.4 Å². The first-order valence-electron chi connectivity index (χ1n) is 5.65. The Morgan fingerprint density at radius 2 is 2.24 bits per heavy atom. The third-order valence-electron chi connectivity index (χ3n) is 3.40. The van der Waals surface area contributed by atoms with Crippen LogP contribution in [-0.4, -0.2) is 26.5 Å². The van der Waals surface area contributed by atoms with Crippen molar-refractivity contribution in [1.29, 1.82) is 0 Å². The van der Waals surface area contributed by atoms with Crippen molar-refractivity contribution < 1.29 is 9.53 Å². The average Bonchev–Trinajstić information content (AvgIpc) is 2.29. The summed E-state index contributed by atoms with van der Waals surface area (Å²) in [5, 5.41) is 3.94. The molecule has 0 saturated carbocycles. The number of ether oxygens (including phenoxy) is 1. The Hall–Kier alpha value is -0.900. The van der Waals surface area contributed by atoms with Gasteiger partial charge in [0.05, 0.1) is 18.8 Å². The van der Waals surface area contributed by atoms with Crippen molar-refractivity contribution in [3.8, 4) is 0 Å². The maximum absolute atomic E-state index is 11.0. The monoisotopic (exact) mass is 253 g/mol. The van der Waals surface area contributed by atoms with Crippen LogP contribution in [-0.2, 0) is 15.1 Å². The third-order valence-corrected chi connectivity index (χ3v) is 3.63. The molecule has 1 unspecified atom stereocenters. The van der Waals surface area contributed by atoms with Crippen molar-refractivity contribution in [3.05, 3.63) is 34.3 Å². The van der Waals surface area contributed by atoms with Crippen molar-refractivity contribution in [2.75, 3.05) is 20.3 Å². The lowest BCUT2D eigenvalue weighted by atomic mass is 9.81. The van der Waals surface area contributed by atoms with Gasteiger partial charge in [0.25, 0.3) is 0 Å². The zero-order valence-corrected chi connectivity index (χ0v) is 10.8. The smallest absolute Gasteiger partial charge is 0.127 e. The van der Waals surface area contributed by atoms with E-state index in [4.69, 9.17) is 16.3 Å². The fourth-order valence-corrected chi connectivity index (χ4v) is 2.34. The van der Waals surface area contributed by atoms with Gasteiger partial charge in [-0.3, -0.25) is 0 Å². The summed E-state index contributed by atoms with van der Waals surface area (Å²) in [4.78, 5) is 11.0. The molecule has 0 aliphatic carbocycles. The molecular weight excluding hydrogens is 238 g/mol. The van der Waals surface area contributed by atoms with Gasteiger partial charge in [-0.05, 0) is 30.3 Å². The molecule has 17 heavy (non-hydrogen) atoms. The molecule has 0 aromatic heterocycles. The lowest BCUT2D eigenvalue weighted by Gasteiger charge is -2.43. The second kappa shape index (κ2) is 4.77. The van der Waals surface area contributed by atoms with Gasteiger partial charge < -0.3 is 14.8 Å². The number of hydrogen-bond acceptors (Lipinski definition) is 3. The minimum Gasteiger partial charge on any atom is -0.377 e. The Labute approximate surface area is 106 Å². The van der Waals surface area contributed by atoms with E-state index < -0.39 is 0 Å². The quantitative estimate of drug-likeness (QED) is 0.835. The van der Waals surface area contributed by atoms with Gasteiger partial charge in [-0.25, -0.2) is 0 Å². The molecule has 3 nitrogen and oxygen atoms in total. The lowest BCUT2D eigenvalue weighted by molar-refractivity contribution is -0.108. The molecule has 1 atom stereocenters. The number of likely N-dealkylation sites (N-methyl/N-ethyl adjacent to an activating group) is 1. The van der Waals surface area contributed by atoms with Crippen LogP contribution in [0.1, 0.15) is 24.0 Å². The first kappa shape index (κ1) is 12.6. The highest BCUT2D eigenvalue weighted by Crippen LogP contribution is 2.35. The molecule has 0 spiro atoms. The lowest BCUT2D eigenvalue weighted by Crippen LogP contribution is -2.56. The first-order valence-corrected chi connectivity index (χ1v) is 6.02. The van der Waals surface area contributed by atoms with E-state index in [-0.39, 0.29) is 11.5 Å². The molecule has 4 heteroatoms. The molecular formula is C13H16ClNO2. The molecule has 0 bridgehead atoms. The first-order chi connectivity index (χ1) is 8.13. The molecule has 1 N–H and O–H groups in total. The summed E-state index contributed by atoms with van der Waals surface area (Å²) in [5.41, 5.74) is 1.91. The molecule has 1 saturated heterocycles. The summed E-state index contributed by atoms with van der Waals surface area (Å²) in [6.45, 7) is 3.14. The number of carbonyl (C=O) groups excluding carboxylic acids is 1. The van der Waals surface area contributed by atoms with E-state index >= 15 is 0 Å². The topological polar surface area (TPSA) is 38.3 Å². The Bertz CT molecular complexity index is 424. The van der Waals surface area contributed by atoms with Crippen LogP contribution in [0.25, 0.3) is 0 Å². The Kier molecular flexibility index (Phi) is 3.52. The van der Waals surface area contributed by atoms with Crippen LogP contribution in [0.3, 0.4) is 0 Å². The number of carbonyl (C=O) groups is 1. The molecule has 1 heterocycles. The average molecular weight is 254 g/mol. The highest BCUT2D eigenvalue weighted by Gasteiger charge is 2.40. The third kappa shape index (κ3) is 2.10. The predicted molar refractivity (Wildman–Crippen MR) is 67.5 cm³/mol. The molecule has 1 aromatic rings. The van der Waals surface area contributed by atoms with E-state index in [2.05, 4.69) is 5.32 Å². The van der Waals surface area contributed by atoms with E-state index in [0.717, 1.165) is 17.4 Å². The summed E-state index contributed by atoms with van der Waals surface area (Å²) >= 11 is 6.00. The minimum absolute atomic E-state index is 0.158. The van der Waals surface area contributed by atoms with Crippen LogP contribution in [0.15, 0.2) is 18.2 Å². The molecule has 0 amide bonds. The molecule has 1 aromatic carbocycles. The number of halogens is 1. The van der Waals surface area contributed by atoms with E-state index in [1.165, 1.54) is 0 Å². The van der Waals surface area contributed by atoms with E-state index in [0.29, 0.717) is 18.2 Å². The molecule has 92 valence electrons. The van der Waals surface area contributed by atoms with Crippen molar-refractivity contribution >= 4 is 17.9 Å². The molecule has 2 rings (SSSR count). The Morgan fingerprint density at radius 3 is 2.71 bits per heavy atom. The summed E-state index contributed by atoms with van der Waals surface area (Å²) in [7, 11) is 1.91. The second-order valence-electron chi connectivity index (χ2n) is 4.48. The maximum atomic E-state index is 11.0. The highest BCUT2D eigenvalue weighted by atomic mass is 35.5. The van der Waals surface area contributed by atoms with Gasteiger partial charge in [0.15, 0.2) is 0 Å². The standard InChI is InChI=1S/C13H16ClNO2/c1-9(6-16)11-5-10(14)3-4-12(11)13(15-2)7-17-8-13/h3-6,9,15H,7-8H2,1-2H3. The largest absolute Gasteiger partial charge is 0.377 e.